The summed E-state index contributed by atoms with van der Waals surface area (Å²) in [5, 5.41) is 12.5. The predicted octanol–water partition coefficient (Wildman–Crippen LogP) is 3.51. The summed E-state index contributed by atoms with van der Waals surface area (Å²) in [7, 11) is 1.78. The van der Waals surface area contributed by atoms with Crippen molar-refractivity contribution in [1.82, 2.24) is 10.2 Å². The van der Waals surface area contributed by atoms with E-state index < -0.39 is 29.7 Å². The standard InChI is InChI=1S/C27H32N4O5S/c1-27(2,3)36-26(34)31-10-5-11-35-22(16-31)25(33)29-19(15-28)14-20-8-9-23(37-20)18-7-6-17-13-24(32)30(4)21(17)12-18/h6-9,12,19,22H,5,10-11,13-14,16H2,1-4H3,(H,29,33)/t19-,22?/m0/s1. The molecule has 2 aliphatic rings. The van der Waals surface area contributed by atoms with Gasteiger partial charge in [0.15, 0.2) is 6.10 Å². The molecule has 3 amide bonds. The van der Waals surface area contributed by atoms with Gasteiger partial charge in [-0.1, -0.05) is 12.1 Å². The first kappa shape index (κ1) is 26.6. The Morgan fingerprint density at radius 2 is 2.08 bits per heavy atom. The van der Waals surface area contributed by atoms with Gasteiger partial charge in [0.05, 0.1) is 19.0 Å². The molecule has 4 rings (SSSR count). The van der Waals surface area contributed by atoms with Crippen molar-refractivity contribution in [3.63, 3.8) is 0 Å². The summed E-state index contributed by atoms with van der Waals surface area (Å²) < 4.78 is 11.1. The predicted molar refractivity (Wildman–Crippen MR) is 140 cm³/mol. The summed E-state index contributed by atoms with van der Waals surface area (Å²) in [5.41, 5.74) is 2.30. The molecule has 1 unspecified atom stereocenters. The molecule has 3 heterocycles. The second kappa shape index (κ2) is 10.9. The maximum absolute atomic E-state index is 13.0. The van der Waals surface area contributed by atoms with Gasteiger partial charge in [0.25, 0.3) is 5.91 Å². The number of hydrogen-bond donors (Lipinski definition) is 1. The Balaban J connectivity index is 1.38. The number of nitrogens with one attached hydrogen (secondary N) is 1. The van der Waals surface area contributed by atoms with Crippen molar-refractivity contribution in [3.8, 4) is 16.5 Å². The molecule has 0 radical (unpaired) electrons. The molecule has 2 aliphatic heterocycles. The third-order valence-corrected chi connectivity index (χ3v) is 7.36. The van der Waals surface area contributed by atoms with Crippen molar-refractivity contribution in [3.05, 3.63) is 40.8 Å². The fourth-order valence-electron chi connectivity index (χ4n) is 4.31. The summed E-state index contributed by atoms with van der Waals surface area (Å²) in [6.45, 7) is 6.22. The zero-order valence-electron chi connectivity index (χ0n) is 21.6. The minimum Gasteiger partial charge on any atom is -0.444 e. The van der Waals surface area contributed by atoms with Crippen molar-refractivity contribution < 1.29 is 23.9 Å². The molecule has 1 aromatic carbocycles. The zero-order chi connectivity index (χ0) is 26.7. The van der Waals surface area contributed by atoms with Crippen LogP contribution in [0, 0.1) is 11.3 Å². The highest BCUT2D eigenvalue weighted by Crippen LogP contribution is 2.35. The topological polar surface area (TPSA) is 112 Å². The van der Waals surface area contributed by atoms with Gasteiger partial charge in [-0.2, -0.15) is 5.26 Å². The molecule has 1 fully saturated rings. The van der Waals surface area contributed by atoms with Crippen LogP contribution in [0.5, 0.6) is 0 Å². The first-order valence-electron chi connectivity index (χ1n) is 12.3. The van der Waals surface area contributed by atoms with Crippen LogP contribution in [-0.2, 0) is 31.9 Å². The summed E-state index contributed by atoms with van der Waals surface area (Å²) in [5.74, 6) is -0.344. The van der Waals surface area contributed by atoms with E-state index >= 15 is 0 Å². The third kappa shape index (κ3) is 6.48. The molecule has 0 saturated carbocycles. The number of benzene rings is 1. The molecule has 0 spiro atoms. The van der Waals surface area contributed by atoms with Crippen LogP contribution in [0.25, 0.3) is 10.4 Å². The van der Waals surface area contributed by atoms with Crippen molar-refractivity contribution in [2.75, 3.05) is 31.6 Å². The van der Waals surface area contributed by atoms with Crippen LogP contribution in [0.1, 0.15) is 37.6 Å². The fourth-order valence-corrected chi connectivity index (χ4v) is 5.36. The average Bonchev–Trinajstić information content (AvgIpc) is 3.30. The van der Waals surface area contributed by atoms with E-state index in [1.54, 1.807) is 44.1 Å². The molecule has 10 heteroatoms. The SMILES string of the molecule is CN1C(=O)Cc2ccc(-c3ccc(C[C@@H](C#N)NC(=O)C4CN(C(=O)OC(C)(C)C)CCCO4)s3)cc21. The van der Waals surface area contributed by atoms with Crippen LogP contribution in [-0.4, -0.2) is 67.3 Å². The molecule has 1 saturated heterocycles. The molecule has 1 aromatic heterocycles. The lowest BCUT2D eigenvalue weighted by atomic mass is 10.1. The Morgan fingerprint density at radius 1 is 1.30 bits per heavy atom. The Bertz CT molecular complexity index is 1230. The zero-order valence-corrected chi connectivity index (χ0v) is 22.4. The highest BCUT2D eigenvalue weighted by molar-refractivity contribution is 7.15. The second-order valence-electron chi connectivity index (χ2n) is 10.3. The quantitative estimate of drug-likeness (QED) is 0.641. The minimum absolute atomic E-state index is 0.0668. The van der Waals surface area contributed by atoms with Crippen LogP contribution in [0.3, 0.4) is 0 Å². The number of ether oxygens (including phenoxy) is 2. The lowest BCUT2D eigenvalue weighted by Gasteiger charge is -2.27. The summed E-state index contributed by atoms with van der Waals surface area (Å²) >= 11 is 1.55. The Kier molecular flexibility index (Phi) is 7.85. The third-order valence-electron chi connectivity index (χ3n) is 6.21. The van der Waals surface area contributed by atoms with Gasteiger partial charge >= 0.3 is 6.09 Å². The van der Waals surface area contributed by atoms with Gasteiger partial charge in [0.1, 0.15) is 11.6 Å². The number of rotatable bonds is 5. The largest absolute Gasteiger partial charge is 0.444 e. The number of fused-ring (bicyclic) bond motifs is 1. The van der Waals surface area contributed by atoms with Gasteiger partial charge in [-0.25, -0.2) is 4.79 Å². The Hall–Kier alpha value is -3.42. The van der Waals surface area contributed by atoms with Crippen LogP contribution in [0.2, 0.25) is 0 Å². The number of nitriles is 1. The van der Waals surface area contributed by atoms with Crippen LogP contribution in [0.15, 0.2) is 30.3 Å². The monoisotopic (exact) mass is 524 g/mol. The fraction of sp³-hybridized carbons (Fsp3) is 0.481. The van der Waals surface area contributed by atoms with Gasteiger partial charge < -0.3 is 24.6 Å². The minimum atomic E-state index is -0.879. The van der Waals surface area contributed by atoms with Gasteiger partial charge in [-0.3, -0.25) is 9.59 Å². The van der Waals surface area contributed by atoms with Crippen molar-refractivity contribution in [1.29, 1.82) is 5.26 Å². The molecule has 2 atom stereocenters. The molecule has 37 heavy (non-hydrogen) atoms. The number of hydrogen-bond acceptors (Lipinski definition) is 7. The van der Waals surface area contributed by atoms with E-state index in [0.717, 1.165) is 26.6 Å². The van der Waals surface area contributed by atoms with Crippen molar-refractivity contribution >= 4 is 34.9 Å². The van der Waals surface area contributed by atoms with Gasteiger partial charge in [0.2, 0.25) is 5.91 Å². The molecular formula is C27H32N4O5S. The molecule has 9 nitrogen and oxygen atoms in total. The first-order chi connectivity index (χ1) is 17.5. The van der Waals surface area contributed by atoms with Crippen LogP contribution >= 0.6 is 11.3 Å². The average molecular weight is 525 g/mol. The second-order valence-corrected chi connectivity index (χ2v) is 11.4. The molecular weight excluding hydrogens is 492 g/mol. The number of anilines is 1. The maximum Gasteiger partial charge on any atom is 0.410 e. The molecule has 0 aliphatic carbocycles. The van der Waals surface area contributed by atoms with E-state index in [2.05, 4.69) is 11.4 Å². The normalized spacial score (nSPS) is 18.6. The number of likely N-dealkylation sites (N-methyl/N-ethyl adjacent to an activating group) is 1. The van der Waals surface area contributed by atoms with Gasteiger partial charge in [-0.05, 0) is 56.5 Å². The maximum atomic E-state index is 13.0. The van der Waals surface area contributed by atoms with Gasteiger partial charge in [-0.15, -0.1) is 11.3 Å². The molecule has 2 aromatic rings. The van der Waals surface area contributed by atoms with E-state index in [0.29, 0.717) is 32.4 Å². The Labute approximate surface area is 220 Å². The van der Waals surface area contributed by atoms with Crippen molar-refractivity contribution in [2.45, 2.75) is 57.8 Å². The number of thiophene rings is 1. The number of carbonyl (C=O) groups excluding carboxylic acids is 3. The highest BCUT2D eigenvalue weighted by atomic mass is 32.1. The molecule has 1 N–H and O–H groups in total. The highest BCUT2D eigenvalue weighted by Gasteiger charge is 2.31. The molecule has 196 valence electrons. The lowest BCUT2D eigenvalue weighted by molar-refractivity contribution is -0.133. The Morgan fingerprint density at radius 3 is 2.81 bits per heavy atom. The number of nitrogens with zero attached hydrogens (tertiary/aromatic N) is 3. The summed E-state index contributed by atoms with van der Waals surface area (Å²) in [6.07, 6.45) is -0.00337. The van der Waals surface area contributed by atoms with Crippen LogP contribution in [0.4, 0.5) is 10.5 Å². The summed E-state index contributed by atoms with van der Waals surface area (Å²) in [4.78, 5) is 42.6. The van der Waals surface area contributed by atoms with E-state index in [1.165, 1.54) is 4.90 Å². The number of amides is 3. The van der Waals surface area contributed by atoms with E-state index in [-0.39, 0.29) is 12.5 Å². The molecule has 0 bridgehead atoms. The summed E-state index contributed by atoms with van der Waals surface area (Å²) in [6, 6.07) is 11.4. The lowest BCUT2D eigenvalue weighted by Crippen LogP contribution is -2.48. The number of carbonyl (C=O) groups is 3. The van der Waals surface area contributed by atoms with E-state index in [1.807, 2.05) is 30.3 Å². The van der Waals surface area contributed by atoms with Crippen molar-refractivity contribution in [2.24, 2.45) is 0 Å². The van der Waals surface area contributed by atoms with Gasteiger partial charge in [0, 0.05) is 42.1 Å². The van der Waals surface area contributed by atoms with E-state index in [9.17, 15) is 19.6 Å². The van der Waals surface area contributed by atoms with Crippen LogP contribution < -0.4 is 10.2 Å². The first-order valence-corrected chi connectivity index (χ1v) is 13.1. The smallest absolute Gasteiger partial charge is 0.410 e. The van der Waals surface area contributed by atoms with E-state index in [4.69, 9.17) is 9.47 Å².